The molecule has 0 spiro atoms. The summed E-state index contributed by atoms with van der Waals surface area (Å²) in [6.07, 6.45) is 5.69. The number of aromatic nitrogens is 2. The number of carbonyl (C=O) groups is 2. The lowest BCUT2D eigenvalue weighted by Crippen LogP contribution is -2.45. The molecule has 8 nitrogen and oxygen atoms in total. The van der Waals surface area contributed by atoms with E-state index in [1.165, 1.54) is 0 Å². The molecule has 174 valence electrons. The molecule has 1 aliphatic rings. The molecule has 0 aliphatic carbocycles. The minimum absolute atomic E-state index is 0.00824. The van der Waals surface area contributed by atoms with Gasteiger partial charge in [0.2, 0.25) is 5.91 Å². The fourth-order valence-electron chi connectivity index (χ4n) is 4.23. The van der Waals surface area contributed by atoms with Crippen LogP contribution in [0.4, 0.5) is 5.69 Å². The lowest BCUT2D eigenvalue weighted by Gasteiger charge is -2.33. The Bertz CT molecular complexity index is 1130. The number of rotatable bonds is 6. The van der Waals surface area contributed by atoms with Gasteiger partial charge in [0.15, 0.2) is 0 Å². The highest BCUT2D eigenvalue weighted by Crippen LogP contribution is 2.23. The Morgan fingerprint density at radius 3 is 2.45 bits per heavy atom. The van der Waals surface area contributed by atoms with Gasteiger partial charge in [-0.15, -0.1) is 0 Å². The first-order valence-electron chi connectivity index (χ1n) is 11.3. The Kier molecular flexibility index (Phi) is 6.65. The minimum Gasteiger partial charge on any atom is -0.381 e. The van der Waals surface area contributed by atoms with Crippen molar-refractivity contribution in [2.24, 2.45) is 0 Å². The number of hydrogen-bond acceptors (Lipinski definition) is 5. The Labute approximate surface area is 194 Å². The zero-order valence-corrected chi connectivity index (χ0v) is 19.8. The number of likely N-dealkylation sites (N-methyl/N-ethyl adjacent to an activating group) is 1. The summed E-state index contributed by atoms with van der Waals surface area (Å²) in [6.45, 7) is 2.03. The van der Waals surface area contributed by atoms with E-state index in [4.69, 9.17) is 0 Å². The number of pyridine rings is 1. The van der Waals surface area contributed by atoms with Gasteiger partial charge in [-0.25, -0.2) is 4.98 Å². The fraction of sp³-hybridized carbons (Fsp3) is 0.400. The van der Waals surface area contributed by atoms with Gasteiger partial charge >= 0.3 is 0 Å². The Balaban J connectivity index is 1.39. The number of anilines is 1. The molecule has 1 aliphatic heterocycles. The average molecular weight is 449 g/mol. The van der Waals surface area contributed by atoms with Gasteiger partial charge in [-0.2, -0.15) is 0 Å². The summed E-state index contributed by atoms with van der Waals surface area (Å²) in [5.41, 5.74) is 2.66. The number of likely N-dealkylation sites (tertiary alicyclic amines) is 1. The number of benzene rings is 1. The highest BCUT2D eigenvalue weighted by Gasteiger charge is 2.23. The van der Waals surface area contributed by atoms with Crippen LogP contribution in [-0.4, -0.2) is 89.9 Å². The van der Waals surface area contributed by atoms with E-state index >= 15 is 0 Å². The highest BCUT2D eigenvalue weighted by atomic mass is 16.2. The molecule has 0 atom stereocenters. The molecule has 33 heavy (non-hydrogen) atoms. The third kappa shape index (κ3) is 5.17. The second kappa shape index (κ2) is 9.62. The first-order chi connectivity index (χ1) is 15.8. The van der Waals surface area contributed by atoms with Gasteiger partial charge in [-0.3, -0.25) is 9.59 Å². The molecule has 4 rings (SSSR count). The molecule has 8 heteroatoms. The molecule has 2 aromatic heterocycles. The van der Waals surface area contributed by atoms with Crippen LogP contribution in [0.5, 0.6) is 0 Å². The van der Waals surface area contributed by atoms with E-state index in [1.54, 1.807) is 19.0 Å². The lowest BCUT2D eigenvalue weighted by atomic mass is 10.0. The van der Waals surface area contributed by atoms with Gasteiger partial charge in [-0.1, -0.05) is 0 Å². The predicted molar refractivity (Wildman–Crippen MR) is 131 cm³/mol. The van der Waals surface area contributed by atoms with Crippen molar-refractivity contribution in [2.45, 2.75) is 18.9 Å². The van der Waals surface area contributed by atoms with E-state index in [1.807, 2.05) is 77.3 Å². The number of fused-ring (bicyclic) bond motifs is 1. The van der Waals surface area contributed by atoms with Crippen LogP contribution in [0, 0.1) is 0 Å². The molecule has 3 aromatic rings. The van der Waals surface area contributed by atoms with Crippen LogP contribution >= 0.6 is 0 Å². The van der Waals surface area contributed by atoms with Gasteiger partial charge in [0.25, 0.3) is 5.91 Å². The minimum atomic E-state index is -0.00824. The van der Waals surface area contributed by atoms with Gasteiger partial charge in [-0.05, 0) is 63.3 Å². The first kappa shape index (κ1) is 22.8. The van der Waals surface area contributed by atoms with Crippen molar-refractivity contribution < 1.29 is 9.59 Å². The van der Waals surface area contributed by atoms with Gasteiger partial charge in [0.1, 0.15) is 5.82 Å². The molecule has 0 unspecified atom stereocenters. The van der Waals surface area contributed by atoms with Crippen molar-refractivity contribution in [3.8, 4) is 5.82 Å². The van der Waals surface area contributed by atoms with Crippen LogP contribution in [0.15, 0.2) is 48.8 Å². The van der Waals surface area contributed by atoms with E-state index in [0.29, 0.717) is 18.2 Å². The van der Waals surface area contributed by atoms with Gasteiger partial charge in [0.05, 0.1) is 23.9 Å². The summed E-state index contributed by atoms with van der Waals surface area (Å²) in [4.78, 5) is 34.6. The standard InChI is InChI=1S/C25H32N6O2/c1-28(2)17-24(32)30-12-10-20(11-13-30)27-21-6-8-23(26-16-21)31-14-9-18-15-19(5-7-22(18)31)25(33)29(3)4/h5-9,14-16,20,27H,10-13,17H2,1-4H3. The quantitative estimate of drug-likeness (QED) is 0.628. The Morgan fingerprint density at radius 2 is 1.82 bits per heavy atom. The number of amides is 2. The fourth-order valence-corrected chi connectivity index (χ4v) is 4.23. The number of hydrogen-bond donors (Lipinski definition) is 1. The average Bonchev–Trinajstić information content (AvgIpc) is 3.22. The van der Waals surface area contributed by atoms with Crippen molar-refractivity contribution >= 4 is 28.4 Å². The monoisotopic (exact) mass is 448 g/mol. The van der Waals surface area contributed by atoms with Crippen molar-refractivity contribution in [3.05, 3.63) is 54.4 Å². The summed E-state index contributed by atoms with van der Waals surface area (Å²) >= 11 is 0. The van der Waals surface area contributed by atoms with Crippen LogP contribution < -0.4 is 5.32 Å². The molecule has 0 radical (unpaired) electrons. The predicted octanol–water partition coefficient (Wildman–Crippen LogP) is 2.69. The van der Waals surface area contributed by atoms with E-state index in [0.717, 1.165) is 48.3 Å². The van der Waals surface area contributed by atoms with Crippen molar-refractivity contribution in [2.75, 3.05) is 53.1 Å². The van der Waals surface area contributed by atoms with E-state index < -0.39 is 0 Å². The largest absolute Gasteiger partial charge is 0.381 e. The molecule has 1 saturated heterocycles. The maximum Gasteiger partial charge on any atom is 0.253 e. The maximum absolute atomic E-state index is 12.2. The molecule has 0 saturated carbocycles. The molecular weight excluding hydrogens is 416 g/mol. The molecule has 3 heterocycles. The number of nitrogens with one attached hydrogen (secondary N) is 1. The van der Waals surface area contributed by atoms with Crippen LogP contribution in [0.25, 0.3) is 16.7 Å². The third-order valence-corrected chi connectivity index (χ3v) is 6.01. The molecule has 1 fully saturated rings. The van der Waals surface area contributed by atoms with Crippen LogP contribution in [0.3, 0.4) is 0 Å². The number of nitrogens with zero attached hydrogens (tertiary/aromatic N) is 5. The number of piperidine rings is 1. The second-order valence-corrected chi connectivity index (χ2v) is 9.10. The molecular formula is C25H32N6O2. The van der Waals surface area contributed by atoms with E-state index in [-0.39, 0.29) is 11.8 Å². The van der Waals surface area contributed by atoms with Crippen LogP contribution in [0.2, 0.25) is 0 Å². The third-order valence-electron chi connectivity index (χ3n) is 6.01. The SMILES string of the molecule is CN(C)CC(=O)N1CCC(Nc2ccc(-n3ccc4cc(C(=O)N(C)C)ccc43)nc2)CC1. The summed E-state index contributed by atoms with van der Waals surface area (Å²) in [5, 5.41) is 4.56. The van der Waals surface area contributed by atoms with Crippen LogP contribution in [0.1, 0.15) is 23.2 Å². The second-order valence-electron chi connectivity index (χ2n) is 9.10. The first-order valence-corrected chi connectivity index (χ1v) is 11.3. The zero-order chi connectivity index (χ0) is 23.5. The zero-order valence-electron chi connectivity index (χ0n) is 19.8. The highest BCUT2D eigenvalue weighted by molar-refractivity contribution is 5.98. The summed E-state index contributed by atoms with van der Waals surface area (Å²) in [6, 6.07) is 12.1. The maximum atomic E-state index is 12.2. The van der Waals surface area contributed by atoms with Crippen molar-refractivity contribution in [3.63, 3.8) is 0 Å². The van der Waals surface area contributed by atoms with Crippen molar-refractivity contribution in [1.29, 1.82) is 0 Å². The molecule has 1 aromatic carbocycles. The van der Waals surface area contributed by atoms with Crippen LogP contribution in [-0.2, 0) is 4.79 Å². The summed E-state index contributed by atoms with van der Waals surface area (Å²) in [7, 11) is 7.35. The van der Waals surface area contributed by atoms with Gasteiger partial charge < -0.3 is 24.6 Å². The molecule has 0 bridgehead atoms. The normalized spacial score (nSPS) is 14.6. The summed E-state index contributed by atoms with van der Waals surface area (Å²) < 4.78 is 2.03. The van der Waals surface area contributed by atoms with Gasteiger partial charge in [0, 0.05) is 50.4 Å². The lowest BCUT2D eigenvalue weighted by molar-refractivity contribution is -0.132. The summed E-state index contributed by atoms with van der Waals surface area (Å²) in [5.74, 6) is 1.01. The molecule has 1 N–H and O–H groups in total. The smallest absolute Gasteiger partial charge is 0.253 e. The molecule has 2 amide bonds. The Hall–Kier alpha value is -3.39. The topological polar surface area (TPSA) is 73.7 Å². The van der Waals surface area contributed by atoms with E-state index in [9.17, 15) is 9.59 Å². The van der Waals surface area contributed by atoms with E-state index in [2.05, 4.69) is 10.3 Å². The number of carbonyl (C=O) groups excluding carboxylic acids is 2. The Morgan fingerprint density at radius 1 is 1.06 bits per heavy atom. The van der Waals surface area contributed by atoms with Crippen molar-refractivity contribution in [1.82, 2.24) is 24.3 Å².